The van der Waals surface area contributed by atoms with Crippen LogP contribution in [-0.2, 0) is 6.42 Å². The minimum atomic E-state index is 0.351. The van der Waals surface area contributed by atoms with Crippen LogP contribution in [0.2, 0.25) is 0 Å². The molecule has 2 rings (SSSR count). The summed E-state index contributed by atoms with van der Waals surface area (Å²) in [4.78, 5) is 5.14. The van der Waals surface area contributed by atoms with E-state index in [1.54, 1.807) is 12.1 Å². The topological polar surface area (TPSA) is 26.7 Å². The van der Waals surface area contributed by atoms with Crippen LogP contribution >= 0.6 is 0 Å². The molecule has 2 atom stereocenters. The zero-order chi connectivity index (χ0) is 14.5. The number of likely N-dealkylation sites (N-methyl/N-ethyl adjacent to an activating group) is 1. The molecule has 0 bridgehead atoms. The summed E-state index contributed by atoms with van der Waals surface area (Å²) >= 11 is 0. The number of hydrogen-bond donors (Lipinski definition) is 1. The van der Waals surface area contributed by atoms with Gasteiger partial charge in [-0.15, -0.1) is 0 Å². The van der Waals surface area contributed by atoms with Gasteiger partial charge < -0.3 is 10.0 Å². The second-order valence-electron chi connectivity index (χ2n) is 6.14. The van der Waals surface area contributed by atoms with Crippen LogP contribution in [0.4, 0.5) is 0 Å². The molecule has 0 radical (unpaired) electrons. The van der Waals surface area contributed by atoms with Crippen LogP contribution < -0.4 is 0 Å². The summed E-state index contributed by atoms with van der Waals surface area (Å²) in [5.41, 5.74) is 1.31. The summed E-state index contributed by atoms with van der Waals surface area (Å²) in [7, 11) is 2.23. The number of benzene rings is 1. The molecule has 0 spiro atoms. The molecule has 0 aromatic heterocycles. The molecule has 3 nitrogen and oxygen atoms in total. The zero-order valence-electron chi connectivity index (χ0n) is 13.0. The number of rotatable bonds is 4. The van der Waals surface area contributed by atoms with Crippen molar-refractivity contribution in [2.75, 3.05) is 26.7 Å². The lowest BCUT2D eigenvalue weighted by Crippen LogP contribution is -2.45. The molecule has 1 aromatic rings. The van der Waals surface area contributed by atoms with Gasteiger partial charge in [-0.05, 0) is 64.0 Å². The standard InChI is InChI=1S/C17H28N2O/c1-4-16-13-18(3)10-5-11-19(16)14(2)12-15-6-8-17(20)9-7-15/h6-9,14,16,20H,4-5,10-13H2,1-3H3. The highest BCUT2D eigenvalue weighted by Crippen LogP contribution is 2.19. The monoisotopic (exact) mass is 276 g/mol. The molecule has 0 saturated carbocycles. The Kier molecular flexibility index (Phi) is 5.44. The molecule has 1 aliphatic heterocycles. The van der Waals surface area contributed by atoms with Crippen molar-refractivity contribution in [3.05, 3.63) is 29.8 Å². The third-order valence-electron chi connectivity index (χ3n) is 4.45. The van der Waals surface area contributed by atoms with E-state index < -0.39 is 0 Å². The smallest absolute Gasteiger partial charge is 0.115 e. The lowest BCUT2D eigenvalue weighted by Gasteiger charge is -2.35. The second-order valence-corrected chi connectivity index (χ2v) is 6.14. The predicted molar refractivity (Wildman–Crippen MR) is 84.2 cm³/mol. The van der Waals surface area contributed by atoms with Crippen molar-refractivity contribution in [1.29, 1.82) is 0 Å². The fraction of sp³-hybridized carbons (Fsp3) is 0.647. The van der Waals surface area contributed by atoms with Crippen LogP contribution in [0, 0.1) is 0 Å². The van der Waals surface area contributed by atoms with E-state index in [2.05, 4.69) is 30.7 Å². The molecule has 1 saturated heterocycles. The highest BCUT2D eigenvalue weighted by atomic mass is 16.3. The van der Waals surface area contributed by atoms with Crippen LogP contribution in [0.1, 0.15) is 32.3 Å². The molecule has 0 aliphatic carbocycles. The first-order valence-electron chi connectivity index (χ1n) is 7.82. The first-order chi connectivity index (χ1) is 9.60. The molecular formula is C17H28N2O. The Morgan fingerprint density at radius 1 is 1.25 bits per heavy atom. The van der Waals surface area contributed by atoms with Crippen molar-refractivity contribution in [2.24, 2.45) is 0 Å². The van der Waals surface area contributed by atoms with Crippen molar-refractivity contribution < 1.29 is 5.11 Å². The number of aromatic hydroxyl groups is 1. The lowest BCUT2D eigenvalue weighted by atomic mass is 10.0. The number of hydrogen-bond acceptors (Lipinski definition) is 3. The average molecular weight is 276 g/mol. The second kappa shape index (κ2) is 7.09. The first kappa shape index (κ1) is 15.3. The largest absolute Gasteiger partial charge is 0.508 e. The van der Waals surface area contributed by atoms with E-state index in [9.17, 15) is 5.11 Å². The van der Waals surface area contributed by atoms with Gasteiger partial charge in [-0.3, -0.25) is 4.90 Å². The van der Waals surface area contributed by atoms with E-state index in [1.165, 1.54) is 38.0 Å². The predicted octanol–water partition coefficient (Wildman–Crippen LogP) is 2.74. The number of phenolic OH excluding ortho intramolecular Hbond substituents is 1. The van der Waals surface area contributed by atoms with E-state index in [0.717, 1.165) is 6.42 Å². The molecule has 2 unspecified atom stereocenters. The summed E-state index contributed by atoms with van der Waals surface area (Å²) < 4.78 is 0. The molecule has 1 aliphatic rings. The molecule has 1 N–H and O–H groups in total. The molecule has 20 heavy (non-hydrogen) atoms. The summed E-state index contributed by atoms with van der Waals surface area (Å²) in [5, 5.41) is 9.37. The molecule has 1 fully saturated rings. The van der Waals surface area contributed by atoms with Crippen LogP contribution in [0.25, 0.3) is 0 Å². The Morgan fingerprint density at radius 2 is 1.95 bits per heavy atom. The Balaban J connectivity index is 2.02. The first-order valence-corrected chi connectivity index (χ1v) is 7.82. The van der Waals surface area contributed by atoms with E-state index in [4.69, 9.17) is 0 Å². The quantitative estimate of drug-likeness (QED) is 0.916. The SMILES string of the molecule is CCC1CN(C)CCCN1C(C)Cc1ccc(O)cc1. The number of phenols is 1. The van der Waals surface area contributed by atoms with Gasteiger partial charge in [-0.25, -0.2) is 0 Å². The Labute approximate surface area is 123 Å². The summed E-state index contributed by atoms with van der Waals surface area (Å²) in [6, 6.07) is 8.86. The molecule has 3 heteroatoms. The van der Waals surface area contributed by atoms with Gasteiger partial charge in [0.15, 0.2) is 0 Å². The summed E-state index contributed by atoms with van der Waals surface area (Å²) in [5.74, 6) is 0.351. The van der Waals surface area contributed by atoms with Crippen LogP contribution in [-0.4, -0.2) is 53.7 Å². The minimum Gasteiger partial charge on any atom is -0.508 e. The van der Waals surface area contributed by atoms with Gasteiger partial charge in [0.25, 0.3) is 0 Å². The van der Waals surface area contributed by atoms with Gasteiger partial charge in [-0.1, -0.05) is 19.1 Å². The third-order valence-corrected chi connectivity index (χ3v) is 4.45. The van der Waals surface area contributed by atoms with Gasteiger partial charge in [0.1, 0.15) is 5.75 Å². The molecule has 0 amide bonds. The van der Waals surface area contributed by atoms with Gasteiger partial charge in [0.05, 0.1) is 0 Å². The molecule has 112 valence electrons. The van der Waals surface area contributed by atoms with Crippen molar-refractivity contribution in [3.8, 4) is 5.75 Å². The normalized spacial score (nSPS) is 23.4. The Bertz CT molecular complexity index is 404. The fourth-order valence-electron chi connectivity index (χ4n) is 3.30. The van der Waals surface area contributed by atoms with Crippen molar-refractivity contribution in [2.45, 2.75) is 45.2 Å². The van der Waals surface area contributed by atoms with Crippen molar-refractivity contribution in [3.63, 3.8) is 0 Å². The average Bonchev–Trinajstić information content (AvgIpc) is 2.62. The molecule has 1 heterocycles. The Morgan fingerprint density at radius 3 is 2.60 bits per heavy atom. The highest BCUT2D eigenvalue weighted by molar-refractivity contribution is 5.26. The van der Waals surface area contributed by atoms with E-state index in [1.807, 2.05) is 12.1 Å². The van der Waals surface area contributed by atoms with Gasteiger partial charge in [-0.2, -0.15) is 0 Å². The molecular weight excluding hydrogens is 248 g/mol. The summed E-state index contributed by atoms with van der Waals surface area (Å²) in [6.45, 7) is 8.21. The van der Waals surface area contributed by atoms with E-state index >= 15 is 0 Å². The maximum Gasteiger partial charge on any atom is 0.115 e. The van der Waals surface area contributed by atoms with Gasteiger partial charge in [0.2, 0.25) is 0 Å². The highest BCUT2D eigenvalue weighted by Gasteiger charge is 2.25. The fourth-order valence-corrected chi connectivity index (χ4v) is 3.30. The Hall–Kier alpha value is -1.06. The van der Waals surface area contributed by atoms with Gasteiger partial charge in [0, 0.05) is 18.6 Å². The maximum absolute atomic E-state index is 9.37. The van der Waals surface area contributed by atoms with Crippen LogP contribution in [0.3, 0.4) is 0 Å². The zero-order valence-corrected chi connectivity index (χ0v) is 13.0. The van der Waals surface area contributed by atoms with Crippen LogP contribution in [0.15, 0.2) is 24.3 Å². The number of nitrogens with zero attached hydrogens (tertiary/aromatic N) is 2. The third kappa shape index (κ3) is 3.97. The van der Waals surface area contributed by atoms with Gasteiger partial charge >= 0.3 is 0 Å². The lowest BCUT2D eigenvalue weighted by molar-refractivity contribution is 0.136. The van der Waals surface area contributed by atoms with E-state index in [0.29, 0.717) is 17.8 Å². The van der Waals surface area contributed by atoms with E-state index in [-0.39, 0.29) is 0 Å². The maximum atomic E-state index is 9.37. The van der Waals surface area contributed by atoms with Crippen molar-refractivity contribution >= 4 is 0 Å². The van der Waals surface area contributed by atoms with Crippen molar-refractivity contribution in [1.82, 2.24) is 9.80 Å². The van der Waals surface area contributed by atoms with Crippen LogP contribution in [0.5, 0.6) is 5.75 Å². The summed E-state index contributed by atoms with van der Waals surface area (Å²) in [6.07, 6.45) is 3.53. The molecule has 1 aromatic carbocycles. The minimum absolute atomic E-state index is 0.351.